The Morgan fingerprint density at radius 2 is 2.09 bits per heavy atom. The third-order valence-electron chi connectivity index (χ3n) is 7.22. The highest BCUT2D eigenvalue weighted by atomic mass is 32.1. The predicted octanol–water partition coefficient (Wildman–Crippen LogP) is 4.94. The minimum Gasteiger partial charge on any atom is -0.361 e. The number of imidazole rings is 1. The molecule has 3 aliphatic rings. The van der Waals surface area contributed by atoms with Crippen LogP contribution in [-0.4, -0.2) is 40.9 Å². The number of nitrogens with one attached hydrogen (secondary N) is 2. The molecule has 0 radical (unpaired) electrons. The summed E-state index contributed by atoms with van der Waals surface area (Å²) in [5.74, 6) is 0.0444. The van der Waals surface area contributed by atoms with E-state index < -0.39 is 0 Å². The molecular formula is C25H30N6OS. The lowest BCUT2D eigenvalue weighted by Crippen LogP contribution is -2.35. The molecule has 2 N–H and O–H groups in total. The second-order valence-electron chi connectivity index (χ2n) is 9.48. The van der Waals surface area contributed by atoms with Gasteiger partial charge in [-0.1, -0.05) is 25.3 Å². The summed E-state index contributed by atoms with van der Waals surface area (Å²) in [4.78, 5) is 24.4. The standard InChI is InChI=1S/C25H30N6OS/c1-16(32)29-18-9-10-30(13-18)25-20-12-26-14-27-23(20)24(33-25)17-7-8-22-21(11-17)28-15-31(22)19-5-3-2-4-6-19/h7-8,11,14-15,18-19H,2-6,9-10,12-13H2,1H3,(H,26,27)(H,29,32). The largest absolute Gasteiger partial charge is 0.361 e. The molecule has 1 amide bonds. The van der Waals surface area contributed by atoms with Crippen LogP contribution in [-0.2, 0) is 11.3 Å². The number of fused-ring (bicyclic) bond motifs is 2. The van der Waals surface area contributed by atoms with Gasteiger partial charge in [-0.3, -0.25) is 9.79 Å². The SMILES string of the molecule is CC(=O)NC1CCN(c2sc(-c3ccc4c(c3)ncn4C3CCCCC3)c3c2CN=CN3)C1. The van der Waals surface area contributed by atoms with Crippen molar-refractivity contribution in [2.45, 2.75) is 64.1 Å². The average molecular weight is 463 g/mol. The van der Waals surface area contributed by atoms with Crippen molar-refractivity contribution in [3.63, 3.8) is 0 Å². The smallest absolute Gasteiger partial charge is 0.217 e. The zero-order chi connectivity index (χ0) is 22.4. The summed E-state index contributed by atoms with van der Waals surface area (Å²) in [6.07, 6.45) is 11.3. The minimum atomic E-state index is 0.0444. The fraction of sp³-hybridized carbons (Fsp3) is 0.480. The summed E-state index contributed by atoms with van der Waals surface area (Å²) in [5.41, 5.74) is 5.93. The Labute approximate surface area is 197 Å². The van der Waals surface area contributed by atoms with Gasteiger partial charge in [-0.05, 0) is 37.0 Å². The molecule has 2 aliphatic heterocycles. The Bertz CT molecular complexity index is 1220. The normalized spacial score (nSPS) is 20.8. The van der Waals surface area contributed by atoms with Crippen LogP contribution >= 0.6 is 11.3 Å². The van der Waals surface area contributed by atoms with E-state index in [4.69, 9.17) is 4.98 Å². The van der Waals surface area contributed by atoms with Gasteiger partial charge in [0.1, 0.15) is 0 Å². The van der Waals surface area contributed by atoms with Gasteiger partial charge >= 0.3 is 0 Å². The number of amides is 1. The van der Waals surface area contributed by atoms with E-state index >= 15 is 0 Å². The first-order chi connectivity index (χ1) is 16.2. The minimum absolute atomic E-state index is 0.0444. The number of carbonyl (C=O) groups is 1. The topological polar surface area (TPSA) is 74.5 Å². The summed E-state index contributed by atoms with van der Waals surface area (Å²) in [6.45, 7) is 4.08. The van der Waals surface area contributed by atoms with Crippen molar-refractivity contribution >= 4 is 45.3 Å². The van der Waals surface area contributed by atoms with Crippen LogP contribution in [0.25, 0.3) is 21.5 Å². The molecule has 3 aromatic rings. The number of thiophene rings is 1. The van der Waals surface area contributed by atoms with Gasteiger partial charge in [0.15, 0.2) is 0 Å². The number of benzene rings is 1. The number of rotatable bonds is 4. The Balaban J connectivity index is 1.34. The van der Waals surface area contributed by atoms with Gasteiger partial charge in [0, 0.05) is 37.7 Å². The molecule has 1 saturated heterocycles. The van der Waals surface area contributed by atoms with Crippen LogP contribution in [0.5, 0.6) is 0 Å². The van der Waals surface area contributed by atoms with Gasteiger partial charge in [-0.25, -0.2) is 4.98 Å². The lowest BCUT2D eigenvalue weighted by Gasteiger charge is -2.23. The van der Waals surface area contributed by atoms with Crippen molar-refractivity contribution in [2.75, 3.05) is 23.3 Å². The maximum absolute atomic E-state index is 11.5. The summed E-state index contributed by atoms with van der Waals surface area (Å²) >= 11 is 1.83. The molecule has 1 aliphatic carbocycles. The van der Waals surface area contributed by atoms with Crippen LogP contribution in [0.1, 0.15) is 57.1 Å². The molecule has 1 aromatic carbocycles. The van der Waals surface area contributed by atoms with E-state index in [2.05, 4.69) is 43.3 Å². The Kier molecular flexibility index (Phi) is 5.32. The lowest BCUT2D eigenvalue weighted by atomic mass is 9.95. The molecule has 0 bridgehead atoms. The van der Waals surface area contributed by atoms with E-state index in [-0.39, 0.29) is 11.9 Å². The summed E-state index contributed by atoms with van der Waals surface area (Å²) in [6, 6.07) is 7.53. The molecule has 4 heterocycles. The second kappa shape index (κ2) is 8.48. The maximum Gasteiger partial charge on any atom is 0.217 e. The average Bonchev–Trinajstić information content (AvgIpc) is 3.55. The molecule has 8 heteroatoms. The van der Waals surface area contributed by atoms with Crippen molar-refractivity contribution in [3.8, 4) is 10.4 Å². The van der Waals surface area contributed by atoms with Crippen LogP contribution in [0.2, 0.25) is 0 Å². The second-order valence-corrected chi connectivity index (χ2v) is 10.5. The van der Waals surface area contributed by atoms with E-state index in [0.29, 0.717) is 12.6 Å². The van der Waals surface area contributed by atoms with Crippen molar-refractivity contribution in [1.29, 1.82) is 0 Å². The zero-order valence-corrected chi connectivity index (χ0v) is 19.8. The molecule has 2 fully saturated rings. The third-order valence-corrected chi connectivity index (χ3v) is 8.57. The number of hydrogen-bond acceptors (Lipinski definition) is 6. The molecule has 6 rings (SSSR count). The molecule has 33 heavy (non-hydrogen) atoms. The van der Waals surface area contributed by atoms with Crippen molar-refractivity contribution in [2.24, 2.45) is 4.99 Å². The molecular weight excluding hydrogens is 432 g/mol. The first-order valence-electron chi connectivity index (χ1n) is 12.1. The van der Waals surface area contributed by atoms with Crippen LogP contribution in [0.4, 0.5) is 10.7 Å². The van der Waals surface area contributed by atoms with Crippen LogP contribution in [0, 0.1) is 0 Å². The predicted molar refractivity (Wildman–Crippen MR) is 135 cm³/mol. The van der Waals surface area contributed by atoms with E-state index in [1.165, 1.54) is 64.3 Å². The number of aromatic nitrogens is 2. The van der Waals surface area contributed by atoms with Gasteiger partial charge in [-0.2, -0.15) is 0 Å². The summed E-state index contributed by atoms with van der Waals surface area (Å²) in [5, 5.41) is 7.76. The van der Waals surface area contributed by atoms with Crippen molar-refractivity contribution in [1.82, 2.24) is 14.9 Å². The van der Waals surface area contributed by atoms with Crippen LogP contribution in [0.15, 0.2) is 29.5 Å². The molecule has 1 unspecified atom stereocenters. The number of nitrogens with zero attached hydrogens (tertiary/aromatic N) is 4. The van der Waals surface area contributed by atoms with Crippen LogP contribution in [0.3, 0.4) is 0 Å². The van der Waals surface area contributed by atoms with Gasteiger partial charge in [0.25, 0.3) is 0 Å². The third kappa shape index (κ3) is 3.80. The zero-order valence-electron chi connectivity index (χ0n) is 19.0. The molecule has 0 spiro atoms. The van der Waals surface area contributed by atoms with E-state index in [1.54, 1.807) is 6.92 Å². The van der Waals surface area contributed by atoms with Crippen LogP contribution < -0.4 is 15.5 Å². The van der Waals surface area contributed by atoms with Crippen molar-refractivity contribution < 1.29 is 4.79 Å². The lowest BCUT2D eigenvalue weighted by molar-refractivity contribution is -0.119. The van der Waals surface area contributed by atoms with Gasteiger partial charge in [0.05, 0.1) is 45.8 Å². The quantitative estimate of drug-likeness (QED) is 0.576. The van der Waals surface area contributed by atoms with Crippen molar-refractivity contribution in [3.05, 3.63) is 30.1 Å². The molecule has 2 aromatic heterocycles. The number of aliphatic imine (C=N–C) groups is 1. The first kappa shape index (κ1) is 20.7. The van der Waals surface area contributed by atoms with E-state index in [1.807, 2.05) is 24.0 Å². The highest BCUT2D eigenvalue weighted by Gasteiger charge is 2.30. The van der Waals surface area contributed by atoms with E-state index in [0.717, 1.165) is 25.0 Å². The highest BCUT2D eigenvalue weighted by molar-refractivity contribution is 7.20. The summed E-state index contributed by atoms with van der Waals surface area (Å²) < 4.78 is 2.39. The number of hydrogen-bond donors (Lipinski definition) is 2. The maximum atomic E-state index is 11.5. The fourth-order valence-electron chi connectivity index (χ4n) is 5.63. The van der Waals surface area contributed by atoms with E-state index in [9.17, 15) is 4.79 Å². The molecule has 7 nitrogen and oxygen atoms in total. The van der Waals surface area contributed by atoms with Gasteiger partial charge < -0.3 is 20.1 Å². The van der Waals surface area contributed by atoms with Gasteiger partial charge in [-0.15, -0.1) is 11.3 Å². The fourth-order valence-corrected chi connectivity index (χ4v) is 6.94. The number of carbonyl (C=O) groups excluding carboxylic acids is 1. The Morgan fingerprint density at radius 3 is 2.94 bits per heavy atom. The summed E-state index contributed by atoms with van der Waals surface area (Å²) in [7, 11) is 0. The van der Waals surface area contributed by atoms with Gasteiger partial charge in [0.2, 0.25) is 5.91 Å². The Hall–Kier alpha value is -2.87. The monoisotopic (exact) mass is 462 g/mol. The Morgan fingerprint density at radius 1 is 1.21 bits per heavy atom. The number of anilines is 2. The molecule has 1 saturated carbocycles. The first-order valence-corrected chi connectivity index (χ1v) is 12.9. The molecule has 1 atom stereocenters. The highest BCUT2D eigenvalue weighted by Crippen LogP contribution is 2.48. The molecule has 172 valence electrons.